The SMILES string of the molecule is CC1CCCC1c1nc(-c2cncc(Br)c2)no1. The Morgan fingerprint density at radius 2 is 2.22 bits per heavy atom. The van der Waals surface area contributed by atoms with E-state index in [4.69, 9.17) is 4.52 Å². The second kappa shape index (κ2) is 4.80. The van der Waals surface area contributed by atoms with Gasteiger partial charge in [-0.3, -0.25) is 4.98 Å². The molecule has 0 bridgehead atoms. The van der Waals surface area contributed by atoms with E-state index in [1.54, 1.807) is 12.4 Å². The minimum Gasteiger partial charge on any atom is -0.339 e. The van der Waals surface area contributed by atoms with Gasteiger partial charge in [-0.2, -0.15) is 4.98 Å². The molecule has 2 heterocycles. The first-order valence-electron chi connectivity index (χ1n) is 6.18. The van der Waals surface area contributed by atoms with Crippen molar-refractivity contribution >= 4 is 15.9 Å². The van der Waals surface area contributed by atoms with Crippen LogP contribution in [0.5, 0.6) is 0 Å². The summed E-state index contributed by atoms with van der Waals surface area (Å²) >= 11 is 3.39. The summed E-state index contributed by atoms with van der Waals surface area (Å²) in [5, 5.41) is 4.06. The van der Waals surface area contributed by atoms with Gasteiger partial charge in [-0.05, 0) is 40.8 Å². The zero-order chi connectivity index (χ0) is 12.5. The summed E-state index contributed by atoms with van der Waals surface area (Å²) in [7, 11) is 0. The van der Waals surface area contributed by atoms with Gasteiger partial charge in [-0.25, -0.2) is 0 Å². The Morgan fingerprint density at radius 3 is 2.94 bits per heavy atom. The quantitative estimate of drug-likeness (QED) is 0.847. The van der Waals surface area contributed by atoms with Crippen molar-refractivity contribution in [1.29, 1.82) is 0 Å². The molecule has 18 heavy (non-hydrogen) atoms. The summed E-state index contributed by atoms with van der Waals surface area (Å²) in [6.45, 7) is 2.25. The Kier molecular flexibility index (Phi) is 3.16. The van der Waals surface area contributed by atoms with E-state index in [9.17, 15) is 0 Å². The summed E-state index contributed by atoms with van der Waals surface area (Å²) in [5.41, 5.74) is 0.880. The normalized spacial score (nSPS) is 23.4. The molecule has 0 radical (unpaired) electrons. The molecular weight excluding hydrogens is 294 g/mol. The molecule has 2 aromatic heterocycles. The summed E-state index contributed by atoms with van der Waals surface area (Å²) < 4.78 is 6.33. The van der Waals surface area contributed by atoms with Crippen molar-refractivity contribution in [3.05, 3.63) is 28.8 Å². The zero-order valence-corrected chi connectivity index (χ0v) is 11.7. The Bertz CT molecular complexity index is 555. The zero-order valence-electron chi connectivity index (χ0n) is 10.1. The average Bonchev–Trinajstić information content (AvgIpc) is 2.97. The van der Waals surface area contributed by atoms with Crippen LogP contribution in [0.4, 0.5) is 0 Å². The van der Waals surface area contributed by atoms with Crippen LogP contribution in [0.2, 0.25) is 0 Å². The fraction of sp³-hybridized carbons (Fsp3) is 0.462. The first kappa shape index (κ1) is 11.8. The largest absolute Gasteiger partial charge is 0.339 e. The van der Waals surface area contributed by atoms with Crippen LogP contribution >= 0.6 is 15.9 Å². The second-order valence-corrected chi connectivity index (χ2v) is 5.78. The third-order valence-corrected chi connectivity index (χ3v) is 4.02. The highest BCUT2D eigenvalue weighted by Crippen LogP contribution is 2.38. The molecule has 1 saturated carbocycles. The van der Waals surface area contributed by atoms with Crippen LogP contribution in [-0.4, -0.2) is 15.1 Å². The lowest BCUT2D eigenvalue weighted by molar-refractivity contribution is 0.331. The maximum Gasteiger partial charge on any atom is 0.230 e. The Labute approximate surface area is 114 Å². The minimum atomic E-state index is 0.423. The van der Waals surface area contributed by atoms with Gasteiger partial charge in [-0.1, -0.05) is 18.5 Å². The lowest BCUT2D eigenvalue weighted by Gasteiger charge is -2.08. The third-order valence-electron chi connectivity index (χ3n) is 3.58. The van der Waals surface area contributed by atoms with Gasteiger partial charge in [0.15, 0.2) is 0 Å². The number of hydrogen-bond donors (Lipinski definition) is 0. The van der Waals surface area contributed by atoms with E-state index in [1.807, 2.05) is 6.07 Å². The van der Waals surface area contributed by atoms with E-state index >= 15 is 0 Å². The minimum absolute atomic E-state index is 0.423. The molecule has 0 saturated heterocycles. The van der Waals surface area contributed by atoms with Gasteiger partial charge < -0.3 is 4.52 Å². The Hall–Kier alpha value is -1.23. The number of nitrogens with zero attached hydrogens (tertiary/aromatic N) is 3. The summed E-state index contributed by atoms with van der Waals surface area (Å²) in [6.07, 6.45) is 7.14. The number of hydrogen-bond acceptors (Lipinski definition) is 4. The van der Waals surface area contributed by atoms with Crippen LogP contribution in [0.15, 0.2) is 27.5 Å². The fourth-order valence-electron chi connectivity index (χ4n) is 2.55. The topological polar surface area (TPSA) is 51.8 Å². The third kappa shape index (κ3) is 2.19. The molecule has 5 heteroatoms. The molecule has 0 spiro atoms. The van der Waals surface area contributed by atoms with E-state index < -0.39 is 0 Å². The molecule has 1 aliphatic carbocycles. The highest BCUT2D eigenvalue weighted by molar-refractivity contribution is 9.10. The highest BCUT2D eigenvalue weighted by atomic mass is 79.9. The van der Waals surface area contributed by atoms with Crippen molar-refractivity contribution in [3.63, 3.8) is 0 Å². The average molecular weight is 308 g/mol. The number of halogens is 1. The van der Waals surface area contributed by atoms with Gasteiger partial charge in [0, 0.05) is 28.3 Å². The fourth-order valence-corrected chi connectivity index (χ4v) is 2.91. The first-order valence-corrected chi connectivity index (χ1v) is 6.98. The number of rotatable bonds is 2. The summed E-state index contributed by atoms with van der Waals surface area (Å²) in [4.78, 5) is 8.63. The van der Waals surface area contributed by atoms with Crippen molar-refractivity contribution in [2.75, 3.05) is 0 Å². The van der Waals surface area contributed by atoms with Gasteiger partial charge in [0.05, 0.1) is 0 Å². The van der Waals surface area contributed by atoms with Crippen molar-refractivity contribution in [1.82, 2.24) is 15.1 Å². The van der Waals surface area contributed by atoms with Crippen molar-refractivity contribution in [3.8, 4) is 11.4 Å². The maximum absolute atomic E-state index is 5.41. The van der Waals surface area contributed by atoms with Crippen LogP contribution < -0.4 is 0 Å². The Balaban J connectivity index is 1.89. The number of pyridine rings is 1. The van der Waals surface area contributed by atoms with E-state index in [0.29, 0.717) is 17.7 Å². The highest BCUT2D eigenvalue weighted by Gasteiger charge is 2.29. The van der Waals surface area contributed by atoms with E-state index in [2.05, 4.69) is 38.0 Å². The van der Waals surface area contributed by atoms with Crippen LogP contribution in [0.1, 0.15) is 38.0 Å². The number of aromatic nitrogens is 3. The van der Waals surface area contributed by atoms with Crippen LogP contribution in [0, 0.1) is 5.92 Å². The predicted molar refractivity (Wildman–Crippen MR) is 71.0 cm³/mol. The molecule has 0 N–H and O–H groups in total. The maximum atomic E-state index is 5.41. The van der Waals surface area contributed by atoms with Gasteiger partial charge in [0.2, 0.25) is 11.7 Å². The van der Waals surface area contributed by atoms with Crippen LogP contribution in [0.3, 0.4) is 0 Å². The van der Waals surface area contributed by atoms with Crippen molar-refractivity contribution < 1.29 is 4.52 Å². The molecule has 2 atom stereocenters. The van der Waals surface area contributed by atoms with Crippen molar-refractivity contribution in [2.45, 2.75) is 32.1 Å². The van der Waals surface area contributed by atoms with Crippen molar-refractivity contribution in [2.24, 2.45) is 5.92 Å². The molecule has 2 aromatic rings. The Morgan fingerprint density at radius 1 is 1.33 bits per heavy atom. The molecule has 94 valence electrons. The molecular formula is C13H14BrN3O. The molecule has 1 aliphatic rings. The van der Waals surface area contributed by atoms with E-state index in [-0.39, 0.29) is 0 Å². The molecule has 0 aromatic carbocycles. The molecule has 0 amide bonds. The first-order chi connectivity index (χ1) is 8.74. The van der Waals surface area contributed by atoms with Gasteiger partial charge >= 0.3 is 0 Å². The lowest BCUT2D eigenvalue weighted by Crippen LogP contribution is -2.02. The summed E-state index contributed by atoms with van der Waals surface area (Å²) in [6, 6.07) is 1.94. The molecule has 2 unspecified atom stereocenters. The predicted octanol–water partition coefficient (Wildman–Crippen LogP) is 3.80. The standard InChI is InChI=1S/C13H14BrN3O/c1-8-3-2-4-11(8)13-16-12(17-18-13)9-5-10(14)7-15-6-9/h5-8,11H,2-4H2,1H3. The molecule has 1 fully saturated rings. The lowest BCUT2D eigenvalue weighted by atomic mass is 9.98. The molecule has 4 nitrogen and oxygen atoms in total. The molecule has 3 rings (SSSR count). The second-order valence-electron chi connectivity index (χ2n) is 4.86. The van der Waals surface area contributed by atoms with E-state index in [0.717, 1.165) is 22.3 Å². The monoisotopic (exact) mass is 307 g/mol. The van der Waals surface area contributed by atoms with E-state index in [1.165, 1.54) is 12.8 Å². The molecule has 0 aliphatic heterocycles. The van der Waals surface area contributed by atoms with Crippen LogP contribution in [-0.2, 0) is 0 Å². The van der Waals surface area contributed by atoms with Crippen LogP contribution in [0.25, 0.3) is 11.4 Å². The van der Waals surface area contributed by atoms with Gasteiger partial charge in [0.1, 0.15) is 0 Å². The summed E-state index contributed by atoms with van der Waals surface area (Å²) in [5.74, 6) is 2.46. The smallest absolute Gasteiger partial charge is 0.230 e. The van der Waals surface area contributed by atoms with Gasteiger partial charge in [0.25, 0.3) is 0 Å². The van der Waals surface area contributed by atoms with Gasteiger partial charge in [-0.15, -0.1) is 0 Å².